The van der Waals surface area contributed by atoms with Crippen LogP contribution < -0.4 is 14.8 Å². The zero-order valence-electron chi connectivity index (χ0n) is 16.9. The highest BCUT2D eigenvalue weighted by Crippen LogP contribution is 2.37. The van der Waals surface area contributed by atoms with Gasteiger partial charge in [-0.2, -0.15) is 0 Å². The van der Waals surface area contributed by atoms with Crippen LogP contribution in [0, 0.1) is 13.8 Å². The second kappa shape index (κ2) is 10.0. The van der Waals surface area contributed by atoms with Crippen LogP contribution in [0.5, 0.6) is 11.5 Å². The maximum Gasteiger partial charge on any atom is 0.180 e. The van der Waals surface area contributed by atoms with E-state index in [1.165, 1.54) is 11.1 Å². The zero-order chi connectivity index (χ0) is 20.8. The van der Waals surface area contributed by atoms with Gasteiger partial charge in [-0.3, -0.25) is 0 Å². The molecule has 0 radical (unpaired) electrons. The van der Waals surface area contributed by atoms with Crippen LogP contribution in [0.2, 0.25) is 5.02 Å². The molecule has 0 unspecified atom stereocenters. The van der Waals surface area contributed by atoms with Crippen LogP contribution in [0.4, 0.5) is 5.69 Å². The maximum absolute atomic E-state index is 6.55. The monoisotopic (exact) mass is 473 g/mol. The molecule has 3 aromatic carbocycles. The van der Waals surface area contributed by atoms with Crippen molar-refractivity contribution >= 4 is 33.2 Å². The van der Waals surface area contributed by atoms with Gasteiger partial charge >= 0.3 is 0 Å². The fraction of sp³-hybridized carbons (Fsp3) is 0.250. The quantitative estimate of drug-likeness (QED) is 0.371. The molecular formula is C24H25BrClNO2. The van der Waals surface area contributed by atoms with Gasteiger partial charge in [0.1, 0.15) is 6.61 Å². The van der Waals surface area contributed by atoms with Crippen LogP contribution >= 0.6 is 27.5 Å². The van der Waals surface area contributed by atoms with E-state index in [0.717, 1.165) is 21.3 Å². The summed E-state index contributed by atoms with van der Waals surface area (Å²) in [4.78, 5) is 0. The molecule has 0 atom stereocenters. The van der Waals surface area contributed by atoms with Crippen molar-refractivity contribution in [3.8, 4) is 11.5 Å². The smallest absolute Gasteiger partial charge is 0.180 e. The second-order valence-electron chi connectivity index (χ2n) is 6.91. The van der Waals surface area contributed by atoms with Crippen LogP contribution in [0.15, 0.2) is 59.1 Å². The Balaban J connectivity index is 1.74. The summed E-state index contributed by atoms with van der Waals surface area (Å²) in [5, 5.41) is 3.99. The minimum Gasteiger partial charge on any atom is -0.490 e. The van der Waals surface area contributed by atoms with E-state index >= 15 is 0 Å². The van der Waals surface area contributed by atoms with Crippen molar-refractivity contribution in [2.45, 2.75) is 33.9 Å². The molecule has 5 heteroatoms. The Bertz CT molecular complexity index is 973. The van der Waals surface area contributed by atoms with E-state index in [0.29, 0.717) is 36.3 Å². The van der Waals surface area contributed by atoms with Crippen molar-refractivity contribution in [3.05, 3.63) is 86.3 Å². The highest BCUT2D eigenvalue weighted by atomic mass is 79.9. The van der Waals surface area contributed by atoms with E-state index in [2.05, 4.69) is 53.3 Å². The lowest BCUT2D eigenvalue weighted by Crippen LogP contribution is -2.04. The topological polar surface area (TPSA) is 30.5 Å². The molecule has 3 rings (SSSR count). The summed E-state index contributed by atoms with van der Waals surface area (Å²) in [5.74, 6) is 1.24. The molecule has 0 bridgehead atoms. The predicted octanol–water partition coefficient (Wildman–Crippen LogP) is 7.31. The molecule has 0 aromatic heterocycles. The SMILES string of the molecule is CCOc1cc(CNc2ccc(C)c(C)c2)cc(Cl)c1OCc1ccc(Br)cc1. The highest BCUT2D eigenvalue weighted by Gasteiger charge is 2.13. The number of nitrogens with one attached hydrogen (secondary N) is 1. The second-order valence-corrected chi connectivity index (χ2v) is 8.23. The van der Waals surface area contributed by atoms with E-state index in [9.17, 15) is 0 Å². The molecule has 3 nitrogen and oxygen atoms in total. The summed E-state index contributed by atoms with van der Waals surface area (Å²) in [5.41, 5.74) is 5.72. The lowest BCUT2D eigenvalue weighted by molar-refractivity contribution is 0.269. The van der Waals surface area contributed by atoms with Crippen LogP contribution in [0.25, 0.3) is 0 Å². The zero-order valence-corrected chi connectivity index (χ0v) is 19.2. The Kier molecular flexibility index (Phi) is 7.45. The van der Waals surface area contributed by atoms with Crippen molar-refractivity contribution in [3.63, 3.8) is 0 Å². The van der Waals surface area contributed by atoms with Crippen LogP contribution in [0.3, 0.4) is 0 Å². The first-order valence-electron chi connectivity index (χ1n) is 9.60. The molecule has 152 valence electrons. The standard InChI is InChI=1S/C24H25BrClNO2/c1-4-28-23-13-19(14-27-21-10-5-16(2)17(3)11-21)12-22(26)24(23)29-15-18-6-8-20(25)9-7-18/h5-13,27H,4,14-15H2,1-3H3. The van der Waals surface area contributed by atoms with Crippen molar-refractivity contribution in [2.75, 3.05) is 11.9 Å². The van der Waals surface area contributed by atoms with E-state index in [4.69, 9.17) is 21.1 Å². The van der Waals surface area contributed by atoms with Gasteiger partial charge in [-0.15, -0.1) is 0 Å². The minimum absolute atomic E-state index is 0.424. The molecule has 29 heavy (non-hydrogen) atoms. The molecule has 0 heterocycles. The summed E-state index contributed by atoms with van der Waals surface area (Å²) in [7, 11) is 0. The van der Waals surface area contributed by atoms with Gasteiger partial charge in [0.25, 0.3) is 0 Å². The fourth-order valence-electron chi connectivity index (χ4n) is 2.92. The molecule has 0 amide bonds. The van der Waals surface area contributed by atoms with Gasteiger partial charge in [0, 0.05) is 16.7 Å². The van der Waals surface area contributed by atoms with Crippen molar-refractivity contribution < 1.29 is 9.47 Å². The Morgan fingerprint density at radius 3 is 2.34 bits per heavy atom. The molecule has 0 aliphatic heterocycles. The Labute approximate surface area is 186 Å². The van der Waals surface area contributed by atoms with Crippen molar-refractivity contribution in [1.82, 2.24) is 0 Å². The summed E-state index contributed by atoms with van der Waals surface area (Å²) in [6, 6.07) is 18.3. The summed E-state index contributed by atoms with van der Waals surface area (Å²) >= 11 is 9.99. The van der Waals surface area contributed by atoms with Gasteiger partial charge in [-0.25, -0.2) is 0 Å². The molecule has 0 spiro atoms. The predicted molar refractivity (Wildman–Crippen MR) is 124 cm³/mol. The number of benzene rings is 3. The first-order valence-corrected chi connectivity index (χ1v) is 10.8. The molecule has 0 aliphatic carbocycles. The van der Waals surface area contributed by atoms with Gasteiger partial charge < -0.3 is 14.8 Å². The van der Waals surface area contributed by atoms with Gasteiger partial charge in [0.05, 0.1) is 11.6 Å². The largest absolute Gasteiger partial charge is 0.490 e. The number of hydrogen-bond donors (Lipinski definition) is 1. The average Bonchev–Trinajstić information content (AvgIpc) is 2.70. The van der Waals surface area contributed by atoms with Crippen molar-refractivity contribution in [2.24, 2.45) is 0 Å². The highest BCUT2D eigenvalue weighted by molar-refractivity contribution is 9.10. The maximum atomic E-state index is 6.55. The van der Waals surface area contributed by atoms with Gasteiger partial charge in [0.15, 0.2) is 11.5 Å². The van der Waals surface area contributed by atoms with Crippen LogP contribution in [-0.2, 0) is 13.2 Å². The first-order chi connectivity index (χ1) is 14.0. The summed E-state index contributed by atoms with van der Waals surface area (Å²) in [6.45, 7) is 7.79. The minimum atomic E-state index is 0.424. The van der Waals surface area contributed by atoms with Crippen LogP contribution in [0.1, 0.15) is 29.2 Å². The molecule has 0 saturated carbocycles. The normalized spacial score (nSPS) is 10.7. The van der Waals surface area contributed by atoms with E-state index in [1.54, 1.807) is 0 Å². The third-order valence-electron chi connectivity index (χ3n) is 4.67. The lowest BCUT2D eigenvalue weighted by Gasteiger charge is -2.16. The lowest BCUT2D eigenvalue weighted by atomic mass is 10.1. The molecule has 3 aromatic rings. The Hall–Kier alpha value is -2.17. The summed E-state index contributed by atoms with van der Waals surface area (Å²) < 4.78 is 12.8. The van der Waals surface area contributed by atoms with Gasteiger partial charge in [-0.05, 0) is 79.4 Å². The van der Waals surface area contributed by atoms with E-state index < -0.39 is 0 Å². The number of anilines is 1. The number of aryl methyl sites for hydroxylation is 2. The number of rotatable bonds is 8. The number of hydrogen-bond acceptors (Lipinski definition) is 3. The third kappa shape index (κ3) is 5.91. The summed E-state index contributed by atoms with van der Waals surface area (Å²) in [6.07, 6.45) is 0. The van der Waals surface area contributed by atoms with Gasteiger partial charge in [-0.1, -0.05) is 45.7 Å². The van der Waals surface area contributed by atoms with E-state index in [-0.39, 0.29) is 0 Å². The fourth-order valence-corrected chi connectivity index (χ4v) is 3.47. The number of halogens is 2. The number of ether oxygens (including phenoxy) is 2. The molecular weight excluding hydrogens is 450 g/mol. The Morgan fingerprint density at radius 1 is 0.897 bits per heavy atom. The third-order valence-corrected chi connectivity index (χ3v) is 5.48. The molecule has 1 N–H and O–H groups in total. The molecule has 0 saturated heterocycles. The Morgan fingerprint density at radius 2 is 1.66 bits per heavy atom. The van der Waals surface area contributed by atoms with Gasteiger partial charge in [0.2, 0.25) is 0 Å². The van der Waals surface area contributed by atoms with Crippen LogP contribution in [-0.4, -0.2) is 6.61 Å². The van der Waals surface area contributed by atoms with Crippen molar-refractivity contribution in [1.29, 1.82) is 0 Å². The average molecular weight is 475 g/mol. The van der Waals surface area contributed by atoms with E-state index in [1.807, 2.05) is 43.3 Å². The molecule has 0 aliphatic rings. The molecule has 0 fully saturated rings. The first kappa shape index (κ1) is 21.5.